The van der Waals surface area contributed by atoms with Gasteiger partial charge in [0.1, 0.15) is 15.6 Å². The van der Waals surface area contributed by atoms with Gasteiger partial charge in [-0.15, -0.1) is 0 Å². The highest BCUT2D eigenvalue weighted by atomic mass is 32.2. The number of halogens is 1. The summed E-state index contributed by atoms with van der Waals surface area (Å²) in [6, 6.07) is 5.29. The van der Waals surface area contributed by atoms with Crippen LogP contribution in [0, 0.1) is 18.7 Å². The summed E-state index contributed by atoms with van der Waals surface area (Å²) in [7, 11) is -8.02. The Morgan fingerprint density at radius 2 is 1.69 bits per heavy atom. The number of nitrogens with zero attached hydrogens (tertiary/aromatic N) is 1. The van der Waals surface area contributed by atoms with Gasteiger partial charge in [0.15, 0.2) is 0 Å². The van der Waals surface area contributed by atoms with E-state index in [1.54, 1.807) is 27.7 Å². The maximum Gasteiger partial charge on any atom is 0.243 e. The summed E-state index contributed by atoms with van der Waals surface area (Å²) < 4.78 is 68.7. The Morgan fingerprint density at radius 1 is 1.06 bits per heavy atom. The number of hydrogen-bond donors (Lipinski definition) is 2. The second-order valence-corrected chi connectivity index (χ2v) is 12.8. The fourth-order valence-corrected chi connectivity index (χ4v) is 6.62. The van der Waals surface area contributed by atoms with Gasteiger partial charge in [0, 0.05) is 29.0 Å². The minimum absolute atomic E-state index is 0.00480. The second-order valence-electron chi connectivity index (χ2n) is 9.64. The van der Waals surface area contributed by atoms with Crippen molar-refractivity contribution in [2.45, 2.75) is 81.7 Å². The van der Waals surface area contributed by atoms with E-state index in [4.69, 9.17) is 5.14 Å². The van der Waals surface area contributed by atoms with Crippen molar-refractivity contribution in [3.63, 3.8) is 0 Å². The molecular weight excluding hydrogens is 453 g/mol. The standard InChI is InChI=1S/C22H32FN3O4S2/c1-15-21(31(24,27)28)13-19(26(15)14-16-8-6-5-7-9-16)17-10-11-20(18(23)12-17)32(29,30)25-22(2,3)4/h10-13,16,25H,5-9,14H2,1-4H3,(H2,24,27,28). The molecule has 1 aromatic carbocycles. The molecule has 1 aliphatic rings. The van der Waals surface area contributed by atoms with Gasteiger partial charge in [0.05, 0.1) is 0 Å². The first-order valence-electron chi connectivity index (χ1n) is 10.8. The van der Waals surface area contributed by atoms with Crippen LogP contribution in [0.3, 0.4) is 0 Å². The molecule has 0 saturated heterocycles. The van der Waals surface area contributed by atoms with Gasteiger partial charge in [0.25, 0.3) is 0 Å². The molecule has 0 spiro atoms. The second kappa shape index (κ2) is 8.89. The number of hydrogen-bond acceptors (Lipinski definition) is 4. The van der Waals surface area contributed by atoms with Crippen LogP contribution in [0.2, 0.25) is 0 Å². The van der Waals surface area contributed by atoms with Crippen molar-refractivity contribution in [1.29, 1.82) is 0 Å². The van der Waals surface area contributed by atoms with Crippen LogP contribution in [0.1, 0.15) is 58.6 Å². The van der Waals surface area contributed by atoms with Crippen molar-refractivity contribution >= 4 is 20.0 Å². The number of sulfonamides is 2. The van der Waals surface area contributed by atoms with E-state index in [0.717, 1.165) is 31.7 Å². The van der Waals surface area contributed by atoms with Gasteiger partial charge in [-0.05, 0) is 64.7 Å². The Hall–Kier alpha value is -1.75. The fraction of sp³-hybridized carbons (Fsp3) is 0.545. The molecule has 1 aromatic heterocycles. The number of benzene rings is 1. The zero-order chi connectivity index (χ0) is 23.9. The first-order valence-corrected chi connectivity index (χ1v) is 13.8. The van der Waals surface area contributed by atoms with Crippen molar-refractivity contribution in [1.82, 2.24) is 9.29 Å². The van der Waals surface area contributed by atoms with E-state index >= 15 is 0 Å². The van der Waals surface area contributed by atoms with Crippen molar-refractivity contribution in [2.24, 2.45) is 11.1 Å². The van der Waals surface area contributed by atoms with E-state index in [9.17, 15) is 21.2 Å². The van der Waals surface area contributed by atoms with Gasteiger partial charge in [0.2, 0.25) is 20.0 Å². The molecule has 3 rings (SSSR count). The van der Waals surface area contributed by atoms with Crippen LogP contribution in [0.25, 0.3) is 11.3 Å². The molecule has 0 radical (unpaired) electrons. The summed E-state index contributed by atoms with van der Waals surface area (Å²) in [6.07, 6.45) is 5.55. The molecule has 32 heavy (non-hydrogen) atoms. The van der Waals surface area contributed by atoms with E-state index in [2.05, 4.69) is 4.72 Å². The van der Waals surface area contributed by atoms with Gasteiger partial charge in [-0.25, -0.2) is 31.1 Å². The molecule has 178 valence electrons. The predicted octanol–water partition coefficient (Wildman–Crippen LogP) is 3.91. The van der Waals surface area contributed by atoms with Crippen LogP contribution < -0.4 is 9.86 Å². The fourth-order valence-electron chi connectivity index (χ4n) is 4.35. The van der Waals surface area contributed by atoms with Crippen LogP contribution >= 0.6 is 0 Å². The lowest BCUT2D eigenvalue weighted by Gasteiger charge is -2.24. The van der Waals surface area contributed by atoms with E-state index in [1.165, 1.54) is 24.6 Å². The van der Waals surface area contributed by atoms with Gasteiger partial charge in [-0.3, -0.25) is 0 Å². The van der Waals surface area contributed by atoms with Crippen molar-refractivity contribution in [2.75, 3.05) is 0 Å². The molecule has 0 aliphatic heterocycles. The zero-order valence-corrected chi connectivity index (χ0v) is 20.6. The molecule has 7 nitrogen and oxygen atoms in total. The van der Waals surface area contributed by atoms with Gasteiger partial charge in [-0.1, -0.05) is 25.3 Å². The van der Waals surface area contributed by atoms with Crippen molar-refractivity contribution in [3.05, 3.63) is 35.8 Å². The van der Waals surface area contributed by atoms with E-state index in [1.807, 2.05) is 4.57 Å². The average molecular weight is 486 g/mol. The minimum atomic E-state index is -4.05. The molecule has 0 amide bonds. The Bertz CT molecular complexity index is 1210. The average Bonchev–Trinajstić information content (AvgIpc) is 2.97. The highest BCUT2D eigenvalue weighted by Gasteiger charge is 2.27. The largest absolute Gasteiger partial charge is 0.343 e. The van der Waals surface area contributed by atoms with Gasteiger partial charge >= 0.3 is 0 Å². The van der Waals surface area contributed by atoms with Crippen LogP contribution in [0.5, 0.6) is 0 Å². The lowest BCUT2D eigenvalue weighted by molar-refractivity contribution is 0.318. The predicted molar refractivity (Wildman–Crippen MR) is 123 cm³/mol. The van der Waals surface area contributed by atoms with Crippen LogP contribution in [-0.2, 0) is 26.6 Å². The maximum atomic E-state index is 15.0. The quantitative estimate of drug-likeness (QED) is 0.646. The van der Waals surface area contributed by atoms with Crippen molar-refractivity contribution < 1.29 is 21.2 Å². The first-order chi connectivity index (χ1) is 14.7. The first kappa shape index (κ1) is 24.9. The SMILES string of the molecule is Cc1c(S(N)(=O)=O)cc(-c2ccc(S(=O)(=O)NC(C)(C)C)c(F)c2)n1CC1CCCCC1. The third-order valence-electron chi connectivity index (χ3n) is 5.75. The van der Waals surface area contributed by atoms with E-state index < -0.39 is 36.3 Å². The molecule has 1 saturated carbocycles. The number of rotatable bonds is 6. The Kier molecular flexibility index (Phi) is 6.91. The highest BCUT2D eigenvalue weighted by molar-refractivity contribution is 7.89. The zero-order valence-electron chi connectivity index (χ0n) is 19.0. The molecule has 0 bridgehead atoms. The monoisotopic (exact) mass is 485 g/mol. The summed E-state index contributed by atoms with van der Waals surface area (Å²) in [4.78, 5) is -0.459. The smallest absolute Gasteiger partial charge is 0.243 e. The molecule has 2 aromatic rings. The number of nitrogens with two attached hydrogens (primary N) is 1. The van der Waals surface area contributed by atoms with Gasteiger partial charge in [-0.2, -0.15) is 0 Å². The van der Waals surface area contributed by atoms with Crippen molar-refractivity contribution in [3.8, 4) is 11.3 Å². The Balaban J connectivity index is 2.07. The summed E-state index contributed by atoms with van der Waals surface area (Å²) in [5.74, 6) is -0.512. The number of primary sulfonamides is 1. The van der Waals surface area contributed by atoms with Crippen LogP contribution in [0.15, 0.2) is 34.1 Å². The summed E-state index contributed by atoms with van der Waals surface area (Å²) in [5.41, 5.74) is 0.634. The molecule has 1 aliphatic carbocycles. The molecule has 0 atom stereocenters. The lowest BCUT2D eigenvalue weighted by Crippen LogP contribution is -2.40. The normalized spacial score (nSPS) is 16.4. The third-order valence-corrected chi connectivity index (χ3v) is 8.57. The van der Waals surface area contributed by atoms with E-state index in [-0.39, 0.29) is 4.90 Å². The summed E-state index contributed by atoms with van der Waals surface area (Å²) >= 11 is 0. The lowest BCUT2D eigenvalue weighted by atomic mass is 9.89. The Labute approximate surface area is 190 Å². The molecule has 0 unspecified atom stereocenters. The third kappa shape index (κ3) is 5.59. The van der Waals surface area contributed by atoms with Crippen LogP contribution in [-0.4, -0.2) is 26.9 Å². The summed E-state index contributed by atoms with van der Waals surface area (Å²) in [5, 5.41) is 5.42. The highest BCUT2D eigenvalue weighted by Crippen LogP contribution is 2.33. The molecule has 1 fully saturated rings. The minimum Gasteiger partial charge on any atom is -0.343 e. The molecular formula is C22H32FN3O4S2. The molecule has 10 heteroatoms. The number of aromatic nitrogens is 1. The van der Waals surface area contributed by atoms with Crippen LogP contribution in [0.4, 0.5) is 4.39 Å². The van der Waals surface area contributed by atoms with Gasteiger partial charge < -0.3 is 4.57 Å². The Morgan fingerprint density at radius 3 is 2.22 bits per heavy atom. The topological polar surface area (TPSA) is 111 Å². The van der Waals surface area contributed by atoms with E-state index in [0.29, 0.717) is 29.4 Å². The number of nitrogens with one attached hydrogen (secondary N) is 1. The maximum absolute atomic E-state index is 15.0. The summed E-state index contributed by atoms with van der Waals surface area (Å²) in [6.45, 7) is 7.31. The molecule has 3 N–H and O–H groups in total. The molecule has 1 heterocycles.